The number of hydrogen-bond donors (Lipinski definition) is 2. The van der Waals surface area contributed by atoms with E-state index in [1.807, 2.05) is 75.4 Å². The van der Waals surface area contributed by atoms with Gasteiger partial charge in [-0.2, -0.15) is 0 Å². The number of carbonyl (C=O) groups is 1. The molecular weight excluding hydrogens is 300 g/mol. The fourth-order valence-electron chi connectivity index (χ4n) is 2.21. The van der Waals surface area contributed by atoms with Gasteiger partial charge in [0.15, 0.2) is 0 Å². The van der Waals surface area contributed by atoms with Gasteiger partial charge in [-0.05, 0) is 50.6 Å². The lowest BCUT2D eigenvalue weighted by Crippen LogP contribution is -2.41. The van der Waals surface area contributed by atoms with E-state index in [0.717, 1.165) is 17.0 Å². The van der Waals surface area contributed by atoms with Crippen molar-refractivity contribution >= 4 is 11.6 Å². The monoisotopic (exact) mass is 326 g/mol. The van der Waals surface area contributed by atoms with Crippen molar-refractivity contribution in [3.05, 3.63) is 60.2 Å². The van der Waals surface area contributed by atoms with Gasteiger partial charge in [-0.25, -0.2) is 0 Å². The van der Waals surface area contributed by atoms with Gasteiger partial charge in [-0.3, -0.25) is 4.79 Å². The Labute approximate surface area is 144 Å². The molecule has 0 heterocycles. The zero-order valence-corrected chi connectivity index (χ0v) is 14.6. The van der Waals surface area contributed by atoms with Gasteiger partial charge in [0, 0.05) is 24.2 Å². The van der Waals surface area contributed by atoms with Crippen LogP contribution in [0.5, 0.6) is 5.75 Å². The first-order valence-corrected chi connectivity index (χ1v) is 8.24. The molecule has 0 aliphatic rings. The smallest absolute Gasteiger partial charge is 0.222 e. The molecule has 0 saturated carbocycles. The molecule has 2 rings (SSSR count). The number of benzene rings is 2. The highest BCUT2D eigenvalue weighted by molar-refractivity contribution is 5.77. The highest BCUT2D eigenvalue weighted by Gasteiger charge is 2.12. The average molecular weight is 326 g/mol. The lowest BCUT2D eigenvalue weighted by atomic mass is 10.1. The maximum absolute atomic E-state index is 11.8. The van der Waals surface area contributed by atoms with Crippen molar-refractivity contribution in [2.75, 3.05) is 11.9 Å². The van der Waals surface area contributed by atoms with Gasteiger partial charge >= 0.3 is 0 Å². The fraction of sp³-hybridized carbons (Fsp3) is 0.350. The summed E-state index contributed by atoms with van der Waals surface area (Å²) in [7, 11) is 0. The van der Waals surface area contributed by atoms with Gasteiger partial charge in [-0.1, -0.05) is 30.3 Å². The van der Waals surface area contributed by atoms with E-state index in [1.165, 1.54) is 0 Å². The molecule has 0 aromatic heterocycles. The lowest BCUT2D eigenvalue weighted by Gasteiger charge is -2.20. The number of ether oxygens (including phenoxy) is 1. The van der Waals surface area contributed by atoms with E-state index in [4.69, 9.17) is 4.74 Å². The maximum Gasteiger partial charge on any atom is 0.222 e. The lowest BCUT2D eigenvalue weighted by molar-refractivity contribution is -0.122. The second-order valence-electron chi connectivity index (χ2n) is 6.77. The molecule has 0 aliphatic heterocycles. The molecule has 2 N–H and O–H groups in total. The van der Waals surface area contributed by atoms with Crippen LogP contribution in [0.1, 0.15) is 32.8 Å². The van der Waals surface area contributed by atoms with Crippen LogP contribution in [0.4, 0.5) is 5.69 Å². The first-order valence-electron chi connectivity index (χ1n) is 8.24. The van der Waals surface area contributed by atoms with Crippen LogP contribution < -0.4 is 15.4 Å². The standard InChI is InChI=1S/C20H26N2O2/c1-20(2,3)22-19(23)13-14-21-17-9-11-18(12-10-17)24-15-16-7-5-4-6-8-16/h4-12,21H,13-15H2,1-3H3,(H,22,23). The first kappa shape index (κ1) is 17.9. The second-order valence-corrected chi connectivity index (χ2v) is 6.77. The number of carbonyl (C=O) groups excluding carboxylic acids is 1. The van der Waals surface area contributed by atoms with Crippen molar-refractivity contribution < 1.29 is 9.53 Å². The van der Waals surface area contributed by atoms with Crippen LogP contribution in [0.3, 0.4) is 0 Å². The molecule has 4 heteroatoms. The third-order valence-electron chi connectivity index (χ3n) is 3.30. The van der Waals surface area contributed by atoms with E-state index < -0.39 is 0 Å². The quantitative estimate of drug-likeness (QED) is 0.809. The molecule has 4 nitrogen and oxygen atoms in total. The van der Waals surface area contributed by atoms with E-state index in [0.29, 0.717) is 19.6 Å². The largest absolute Gasteiger partial charge is 0.489 e. The topological polar surface area (TPSA) is 50.4 Å². The molecule has 0 radical (unpaired) electrons. The van der Waals surface area contributed by atoms with Gasteiger partial charge in [0.2, 0.25) is 5.91 Å². The third kappa shape index (κ3) is 6.73. The molecule has 0 saturated heterocycles. The third-order valence-corrected chi connectivity index (χ3v) is 3.30. The van der Waals surface area contributed by atoms with Crippen LogP contribution in [-0.2, 0) is 11.4 Å². The summed E-state index contributed by atoms with van der Waals surface area (Å²) >= 11 is 0. The highest BCUT2D eigenvalue weighted by Crippen LogP contribution is 2.17. The summed E-state index contributed by atoms with van der Waals surface area (Å²) in [4.78, 5) is 11.8. The molecule has 128 valence electrons. The predicted octanol–water partition coefficient (Wildman–Crippen LogP) is 3.98. The molecule has 0 unspecified atom stereocenters. The van der Waals surface area contributed by atoms with Crippen LogP contribution in [0.2, 0.25) is 0 Å². The van der Waals surface area contributed by atoms with Gasteiger partial charge < -0.3 is 15.4 Å². The van der Waals surface area contributed by atoms with E-state index in [-0.39, 0.29) is 11.4 Å². The zero-order chi connectivity index (χ0) is 17.4. The molecular formula is C20H26N2O2. The Hall–Kier alpha value is -2.49. The van der Waals surface area contributed by atoms with Crippen LogP contribution in [0.15, 0.2) is 54.6 Å². The zero-order valence-electron chi connectivity index (χ0n) is 14.6. The molecule has 0 fully saturated rings. The Bertz CT molecular complexity index is 631. The molecule has 0 bridgehead atoms. The predicted molar refractivity (Wildman–Crippen MR) is 98.2 cm³/mol. The van der Waals surface area contributed by atoms with Gasteiger partial charge in [0.05, 0.1) is 0 Å². The molecule has 1 amide bonds. The molecule has 24 heavy (non-hydrogen) atoms. The summed E-state index contributed by atoms with van der Waals surface area (Å²) in [6.07, 6.45) is 0.448. The van der Waals surface area contributed by atoms with Crippen molar-refractivity contribution in [3.63, 3.8) is 0 Å². The SMILES string of the molecule is CC(C)(C)NC(=O)CCNc1ccc(OCc2ccccc2)cc1. The maximum atomic E-state index is 11.8. The molecule has 2 aromatic carbocycles. The summed E-state index contributed by atoms with van der Waals surface area (Å²) in [5.41, 5.74) is 1.93. The van der Waals surface area contributed by atoms with Crippen LogP contribution >= 0.6 is 0 Å². The Kier molecular flexibility index (Phi) is 6.24. The van der Waals surface area contributed by atoms with Crippen LogP contribution in [0.25, 0.3) is 0 Å². The Balaban J connectivity index is 1.73. The van der Waals surface area contributed by atoms with E-state index in [9.17, 15) is 4.79 Å². The normalized spacial score (nSPS) is 11.0. The van der Waals surface area contributed by atoms with Crippen molar-refractivity contribution in [2.24, 2.45) is 0 Å². The summed E-state index contributed by atoms with van der Waals surface area (Å²) in [6, 6.07) is 17.9. The number of amides is 1. The fourth-order valence-corrected chi connectivity index (χ4v) is 2.21. The number of hydrogen-bond acceptors (Lipinski definition) is 3. The Morgan fingerprint density at radius 1 is 1.00 bits per heavy atom. The summed E-state index contributed by atoms with van der Waals surface area (Å²) in [5.74, 6) is 0.882. The number of anilines is 1. The molecule has 0 aliphatic carbocycles. The minimum absolute atomic E-state index is 0.0535. The van der Waals surface area contributed by atoms with Crippen molar-refractivity contribution in [2.45, 2.75) is 39.3 Å². The van der Waals surface area contributed by atoms with E-state index in [1.54, 1.807) is 0 Å². The minimum Gasteiger partial charge on any atom is -0.489 e. The van der Waals surface area contributed by atoms with E-state index >= 15 is 0 Å². The second kappa shape index (κ2) is 8.39. The highest BCUT2D eigenvalue weighted by atomic mass is 16.5. The summed E-state index contributed by atoms with van der Waals surface area (Å²) in [6.45, 7) is 7.10. The first-order chi connectivity index (χ1) is 11.4. The molecule has 0 spiro atoms. The van der Waals surface area contributed by atoms with Crippen molar-refractivity contribution in [1.82, 2.24) is 5.32 Å². The van der Waals surface area contributed by atoms with Crippen LogP contribution in [0, 0.1) is 0 Å². The molecule has 2 aromatic rings. The Morgan fingerprint density at radius 2 is 1.67 bits per heavy atom. The van der Waals surface area contributed by atoms with Crippen molar-refractivity contribution in [1.29, 1.82) is 0 Å². The summed E-state index contributed by atoms with van der Waals surface area (Å²) < 4.78 is 5.75. The van der Waals surface area contributed by atoms with Crippen LogP contribution in [-0.4, -0.2) is 18.0 Å². The minimum atomic E-state index is -0.186. The summed E-state index contributed by atoms with van der Waals surface area (Å²) in [5, 5.41) is 6.19. The van der Waals surface area contributed by atoms with E-state index in [2.05, 4.69) is 10.6 Å². The van der Waals surface area contributed by atoms with Gasteiger partial charge in [0.1, 0.15) is 12.4 Å². The van der Waals surface area contributed by atoms with Gasteiger partial charge in [0.25, 0.3) is 0 Å². The average Bonchev–Trinajstić information content (AvgIpc) is 2.53. The molecule has 0 atom stereocenters. The Morgan fingerprint density at radius 3 is 2.29 bits per heavy atom. The van der Waals surface area contributed by atoms with Crippen molar-refractivity contribution in [3.8, 4) is 5.75 Å². The number of nitrogens with one attached hydrogen (secondary N) is 2. The number of rotatable bonds is 7. The van der Waals surface area contributed by atoms with Gasteiger partial charge in [-0.15, -0.1) is 0 Å².